The molecule has 2 unspecified atom stereocenters. The maximum atomic E-state index is 9.57. The number of benzene rings is 1. The van der Waals surface area contributed by atoms with Crippen molar-refractivity contribution in [1.82, 2.24) is 5.32 Å². The molecule has 1 aromatic rings. The molecule has 0 fully saturated rings. The molecule has 0 amide bonds. The van der Waals surface area contributed by atoms with E-state index in [4.69, 9.17) is 0 Å². The topological polar surface area (TPSA) is 32.3 Å². The fraction of sp³-hybridized carbons (Fsp3) is 0.600. The van der Waals surface area contributed by atoms with Crippen LogP contribution in [0.5, 0.6) is 0 Å². The van der Waals surface area contributed by atoms with E-state index in [9.17, 15) is 5.11 Å². The van der Waals surface area contributed by atoms with Gasteiger partial charge in [-0.3, -0.25) is 0 Å². The maximum absolute atomic E-state index is 9.57. The van der Waals surface area contributed by atoms with E-state index < -0.39 is 0 Å². The summed E-state index contributed by atoms with van der Waals surface area (Å²) >= 11 is 0. The first-order chi connectivity index (χ1) is 8.36. The van der Waals surface area contributed by atoms with Crippen molar-refractivity contribution in [2.75, 3.05) is 13.2 Å². The molecule has 0 aliphatic heterocycles. The molecule has 0 bridgehead atoms. The van der Waals surface area contributed by atoms with E-state index in [1.807, 2.05) is 0 Å². The smallest absolute Gasteiger partial charge is 0.0477 e. The minimum atomic E-state index is 0.287. The van der Waals surface area contributed by atoms with Gasteiger partial charge >= 0.3 is 0 Å². The van der Waals surface area contributed by atoms with Crippen molar-refractivity contribution in [1.29, 1.82) is 0 Å². The Hall–Kier alpha value is -0.860. The number of hydrogen-bond donors (Lipinski definition) is 2. The Bertz CT molecular complexity index is 351. The predicted molar refractivity (Wildman–Crippen MR) is 71.0 cm³/mol. The lowest BCUT2D eigenvalue weighted by molar-refractivity contribution is 0.182. The van der Waals surface area contributed by atoms with E-state index in [1.165, 1.54) is 17.5 Å². The molecule has 1 aromatic carbocycles. The molecular weight excluding hydrogens is 210 g/mol. The summed E-state index contributed by atoms with van der Waals surface area (Å²) in [6.07, 6.45) is 4.59. The second kappa shape index (κ2) is 6.18. The molecule has 2 atom stereocenters. The number of aryl methyl sites for hydroxylation is 1. The summed E-state index contributed by atoms with van der Waals surface area (Å²) < 4.78 is 0. The van der Waals surface area contributed by atoms with Gasteiger partial charge in [0.05, 0.1) is 0 Å². The maximum Gasteiger partial charge on any atom is 0.0477 e. The third kappa shape index (κ3) is 2.88. The molecule has 17 heavy (non-hydrogen) atoms. The third-order valence-corrected chi connectivity index (χ3v) is 3.73. The van der Waals surface area contributed by atoms with Gasteiger partial charge in [-0.15, -0.1) is 0 Å². The molecule has 94 valence electrons. The molecule has 2 heteroatoms. The van der Waals surface area contributed by atoms with Crippen LogP contribution in [0.1, 0.15) is 43.4 Å². The van der Waals surface area contributed by atoms with Gasteiger partial charge in [-0.05, 0) is 43.4 Å². The van der Waals surface area contributed by atoms with Crippen LogP contribution in [0, 0.1) is 5.92 Å². The van der Waals surface area contributed by atoms with Gasteiger partial charge in [0, 0.05) is 18.6 Å². The minimum Gasteiger partial charge on any atom is -0.396 e. The Balaban J connectivity index is 2.26. The Morgan fingerprint density at radius 2 is 2.18 bits per heavy atom. The van der Waals surface area contributed by atoms with Crippen molar-refractivity contribution in [2.45, 2.75) is 38.6 Å². The van der Waals surface area contributed by atoms with Gasteiger partial charge in [-0.25, -0.2) is 0 Å². The van der Waals surface area contributed by atoms with Crippen LogP contribution in [0.2, 0.25) is 0 Å². The van der Waals surface area contributed by atoms with Crippen molar-refractivity contribution in [3.8, 4) is 0 Å². The van der Waals surface area contributed by atoms with Crippen LogP contribution in [0.3, 0.4) is 0 Å². The van der Waals surface area contributed by atoms with Crippen LogP contribution < -0.4 is 5.32 Å². The first-order valence-electron chi connectivity index (χ1n) is 6.78. The molecule has 0 saturated heterocycles. The van der Waals surface area contributed by atoms with Crippen molar-refractivity contribution in [3.05, 3.63) is 35.4 Å². The van der Waals surface area contributed by atoms with Crippen LogP contribution in [-0.2, 0) is 6.42 Å². The molecular formula is C15H23NO. The summed E-state index contributed by atoms with van der Waals surface area (Å²) in [5.41, 5.74) is 2.86. The Morgan fingerprint density at radius 1 is 1.35 bits per heavy atom. The molecule has 0 heterocycles. The average Bonchev–Trinajstić information content (AvgIpc) is 2.55. The number of hydrogen-bond acceptors (Lipinski definition) is 2. The molecule has 2 N–H and O–H groups in total. The van der Waals surface area contributed by atoms with E-state index in [1.54, 1.807) is 0 Å². The normalized spacial score (nSPS) is 24.1. The van der Waals surface area contributed by atoms with E-state index in [-0.39, 0.29) is 6.61 Å². The Morgan fingerprint density at radius 3 is 2.94 bits per heavy atom. The van der Waals surface area contributed by atoms with E-state index in [0.29, 0.717) is 12.0 Å². The fourth-order valence-corrected chi connectivity index (χ4v) is 2.81. The quantitative estimate of drug-likeness (QED) is 0.784. The lowest BCUT2D eigenvalue weighted by Crippen LogP contribution is -2.30. The fourth-order valence-electron chi connectivity index (χ4n) is 2.81. The highest BCUT2D eigenvalue weighted by atomic mass is 16.3. The number of fused-ring (bicyclic) bond motifs is 1. The highest BCUT2D eigenvalue weighted by Gasteiger charge is 2.26. The van der Waals surface area contributed by atoms with Gasteiger partial charge in [0.2, 0.25) is 0 Å². The zero-order valence-corrected chi connectivity index (χ0v) is 10.7. The summed E-state index contributed by atoms with van der Waals surface area (Å²) in [5, 5.41) is 13.2. The highest BCUT2D eigenvalue weighted by Crippen LogP contribution is 2.32. The summed E-state index contributed by atoms with van der Waals surface area (Å²) in [6.45, 7) is 3.49. The van der Waals surface area contributed by atoms with Gasteiger partial charge in [-0.1, -0.05) is 31.2 Å². The van der Waals surface area contributed by atoms with Crippen LogP contribution in [0.4, 0.5) is 0 Å². The van der Waals surface area contributed by atoms with Gasteiger partial charge in [0.1, 0.15) is 0 Å². The Labute approximate surface area is 104 Å². The van der Waals surface area contributed by atoms with E-state index in [0.717, 1.165) is 25.8 Å². The number of aliphatic hydroxyl groups excluding tert-OH is 1. The third-order valence-electron chi connectivity index (χ3n) is 3.73. The SMILES string of the molecule is CCCNC1c2ccccc2CCCC1CO. The molecule has 1 aliphatic rings. The van der Waals surface area contributed by atoms with Crippen molar-refractivity contribution >= 4 is 0 Å². The number of aliphatic hydroxyl groups is 1. The molecule has 0 aromatic heterocycles. The second-order valence-electron chi connectivity index (χ2n) is 4.97. The molecule has 0 radical (unpaired) electrons. The standard InChI is InChI=1S/C15H23NO/c1-2-10-16-15-13(11-17)8-5-7-12-6-3-4-9-14(12)15/h3-4,6,9,13,15-17H,2,5,7-8,10-11H2,1H3. The summed E-state index contributed by atoms with van der Waals surface area (Å²) in [4.78, 5) is 0. The first kappa shape index (κ1) is 12.6. The molecule has 1 aliphatic carbocycles. The van der Waals surface area contributed by atoms with Gasteiger partial charge in [0.15, 0.2) is 0 Å². The summed E-state index contributed by atoms with van der Waals surface area (Å²) in [6, 6.07) is 9.01. The van der Waals surface area contributed by atoms with E-state index >= 15 is 0 Å². The van der Waals surface area contributed by atoms with Crippen LogP contribution in [0.15, 0.2) is 24.3 Å². The highest BCUT2D eigenvalue weighted by molar-refractivity contribution is 5.31. The van der Waals surface area contributed by atoms with Crippen LogP contribution >= 0.6 is 0 Å². The monoisotopic (exact) mass is 233 g/mol. The van der Waals surface area contributed by atoms with Gasteiger partial charge in [0.25, 0.3) is 0 Å². The molecule has 0 saturated carbocycles. The first-order valence-corrected chi connectivity index (χ1v) is 6.78. The number of nitrogens with one attached hydrogen (secondary N) is 1. The largest absolute Gasteiger partial charge is 0.396 e. The molecule has 2 nitrogen and oxygen atoms in total. The molecule has 2 rings (SSSR count). The minimum absolute atomic E-state index is 0.287. The van der Waals surface area contributed by atoms with Crippen molar-refractivity contribution in [2.24, 2.45) is 5.92 Å². The average molecular weight is 233 g/mol. The second-order valence-corrected chi connectivity index (χ2v) is 4.97. The lowest BCUT2D eigenvalue weighted by atomic mass is 9.91. The summed E-state index contributed by atoms with van der Waals surface area (Å²) in [5.74, 6) is 0.366. The molecule has 0 spiro atoms. The van der Waals surface area contributed by atoms with Crippen molar-refractivity contribution < 1.29 is 5.11 Å². The zero-order valence-electron chi connectivity index (χ0n) is 10.7. The predicted octanol–water partition coefficient (Wildman–Crippen LogP) is 2.67. The van der Waals surface area contributed by atoms with E-state index in [2.05, 4.69) is 36.5 Å². The number of rotatable bonds is 4. The lowest BCUT2D eigenvalue weighted by Gasteiger charge is -2.26. The van der Waals surface area contributed by atoms with Gasteiger partial charge in [-0.2, -0.15) is 0 Å². The zero-order chi connectivity index (χ0) is 12.1. The van der Waals surface area contributed by atoms with Gasteiger partial charge < -0.3 is 10.4 Å². The summed E-state index contributed by atoms with van der Waals surface area (Å²) in [7, 11) is 0. The van der Waals surface area contributed by atoms with Crippen molar-refractivity contribution in [3.63, 3.8) is 0 Å². The Kier molecular flexibility index (Phi) is 4.57. The van der Waals surface area contributed by atoms with Crippen LogP contribution in [-0.4, -0.2) is 18.3 Å². The van der Waals surface area contributed by atoms with Crippen LogP contribution in [0.25, 0.3) is 0 Å².